The highest BCUT2D eigenvalue weighted by Gasteiger charge is 2.20. The van der Waals surface area contributed by atoms with Crippen molar-refractivity contribution in [3.05, 3.63) is 48.3 Å². The molecule has 1 aliphatic rings. The van der Waals surface area contributed by atoms with Crippen LogP contribution < -0.4 is 9.80 Å². The summed E-state index contributed by atoms with van der Waals surface area (Å²) in [7, 11) is 0. The Hall–Kier alpha value is -2.43. The number of pyridine rings is 2. The number of carbonyl (C=O) groups is 1. The third-order valence-corrected chi connectivity index (χ3v) is 3.50. The minimum atomic E-state index is 0.652. The summed E-state index contributed by atoms with van der Waals surface area (Å²) in [5.41, 5.74) is 0.652. The smallest absolute Gasteiger partial charge is 0.153 e. The fourth-order valence-corrected chi connectivity index (χ4v) is 2.45. The van der Waals surface area contributed by atoms with Crippen LogP contribution in [0.15, 0.2) is 42.7 Å². The highest BCUT2D eigenvalue weighted by Crippen LogP contribution is 2.19. The number of aromatic nitrogens is 2. The molecule has 20 heavy (non-hydrogen) atoms. The molecule has 1 fully saturated rings. The number of carbonyl (C=O) groups excluding carboxylic acids is 1. The number of hydrogen-bond acceptors (Lipinski definition) is 5. The summed E-state index contributed by atoms with van der Waals surface area (Å²) in [6.45, 7) is 3.45. The van der Waals surface area contributed by atoms with E-state index < -0.39 is 0 Å². The Morgan fingerprint density at radius 2 is 1.65 bits per heavy atom. The van der Waals surface area contributed by atoms with Crippen molar-refractivity contribution >= 4 is 17.9 Å². The van der Waals surface area contributed by atoms with Gasteiger partial charge in [0, 0.05) is 38.6 Å². The Morgan fingerprint density at radius 3 is 2.35 bits per heavy atom. The molecule has 0 radical (unpaired) electrons. The lowest BCUT2D eigenvalue weighted by molar-refractivity contribution is 0.112. The Balaban J connectivity index is 1.71. The lowest BCUT2D eigenvalue weighted by atomic mass is 10.2. The summed E-state index contributed by atoms with van der Waals surface area (Å²) in [6, 6.07) is 9.53. The van der Waals surface area contributed by atoms with E-state index in [0.717, 1.165) is 44.1 Å². The van der Waals surface area contributed by atoms with E-state index >= 15 is 0 Å². The standard InChI is InChI=1S/C15H16N4O/c20-12-13-4-3-7-17-15(13)19-10-8-18(9-11-19)14-5-1-2-6-16-14/h1-7,12H,8-11H2. The maximum Gasteiger partial charge on any atom is 0.153 e. The topological polar surface area (TPSA) is 49.3 Å². The van der Waals surface area contributed by atoms with Crippen molar-refractivity contribution in [1.82, 2.24) is 9.97 Å². The molecule has 5 nitrogen and oxygen atoms in total. The minimum Gasteiger partial charge on any atom is -0.353 e. The zero-order valence-electron chi connectivity index (χ0n) is 11.1. The van der Waals surface area contributed by atoms with Crippen LogP contribution in [0.1, 0.15) is 10.4 Å². The Labute approximate surface area is 117 Å². The Morgan fingerprint density at radius 1 is 0.900 bits per heavy atom. The van der Waals surface area contributed by atoms with Gasteiger partial charge in [-0.05, 0) is 24.3 Å². The zero-order valence-corrected chi connectivity index (χ0v) is 11.1. The van der Waals surface area contributed by atoms with Crippen molar-refractivity contribution in [1.29, 1.82) is 0 Å². The van der Waals surface area contributed by atoms with Gasteiger partial charge >= 0.3 is 0 Å². The number of hydrogen-bond donors (Lipinski definition) is 0. The van der Waals surface area contributed by atoms with Crippen LogP contribution in [0.3, 0.4) is 0 Å². The Kier molecular flexibility index (Phi) is 3.58. The fourth-order valence-electron chi connectivity index (χ4n) is 2.45. The first-order chi connectivity index (χ1) is 9.88. The monoisotopic (exact) mass is 268 g/mol. The van der Waals surface area contributed by atoms with Gasteiger partial charge in [0.25, 0.3) is 0 Å². The molecule has 2 aromatic heterocycles. The van der Waals surface area contributed by atoms with Crippen molar-refractivity contribution in [2.75, 3.05) is 36.0 Å². The molecule has 0 amide bonds. The number of nitrogens with zero attached hydrogens (tertiary/aromatic N) is 4. The zero-order chi connectivity index (χ0) is 13.8. The van der Waals surface area contributed by atoms with Crippen molar-refractivity contribution in [3.8, 4) is 0 Å². The second-order valence-corrected chi connectivity index (χ2v) is 4.70. The van der Waals surface area contributed by atoms with Gasteiger partial charge in [-0.15, -0.1) is 0 Å². The molecule has 5 heteroatoms. The number of rotatable bonds is 3. The van der Waals surface area contributed by atoms with Gasteiger partial charge in [0.1, 0.15) is 11.6 Å². The van der Waals surface area contributed by atoms with Crippen molar-refractivity contribution in [2.24, 2.45) is 0 Å². The van der Waals surface area contributed by atoms with E-state index in [9.17, 15) is 4.79 Å². The first-order valence-electron chi connectivity index (χ1n) is 6.69. The number of piperazine rings is 1. The predicted molar refractivity (Wildman–Crippen MR) is 78.3 cm³/mol. The van der Waals surface area contributed by atoms with E-state index in [4.69, 9.17) is 0 Å². The molecule has 102 valence electrons. The van der Waals surface area contributed by atoms with Crippen molar-refractivity contribution in [2.45, 2.75) is 0 Å². The first kappa shape index (κ1) is 12.6. The van der Waals surface area contributed by atoms with Crippen LogP contribution >= 0.6 is 0 Å². The third kappa shape index (κ3) is 2.47. The van der Waals surface area contributed by atoms with E-state index in [1.165, 1.54) is 0 Å². The molecule has 0 saturated carbocycles. The highest BCUT2D eigenvalue weighted by atomic mass is 16.1. The minimum absolute atomic E-state index is 0.652. The van der Waals surface area contributed by atoms with Gasteiger partial charge in [0.15, 0.2) is 6.29 Å². The van der Waals surface area contributed by atoms with Crippen LogP contribution in [0, 0.1) is 0 Å². The first-order valence-corrected chi connectivity index (χ1v) is 6.69. The largest absolute Gasteiger partial charge is 0.353 e. The van der Waals surface area contributed by atoms with E-state index in [2.05, 4.69) is 19.8 Å². The molecule has 0 aromatic carbocycles. The molecule has 2 aromatic rings. The average Bonchev–Trinajstić information content (AvgIpc) is 2.56. The van der Waals surface area contributed by atoms with Crippen LogP contribution in [-0.4, -0.2) is 42.4 Å². The van der Waals surface area contributed by atoms with Crippen LogP contribution in [0.25, 0.3) is 0 Å². The van der Waals surface area contributed by atoms with E-state index in [0.29, 0.717) is 5.56 Å². The molecule has 0 aliphatic carbocycles. The van der Waals surface area contributed by atoms with Gasteiger partial charge in [0.2, 0.25) is 0 Å². The van der Waals surface area contributed by atoms with Crippen LogP contribution in [0.5, 0.6) is 0 Å². The molecule has 3 rings (SSSR count). The lowest BCUT2D eigenvalue weighted by Crippen LogP contribution is -2.47. The quantitative estimate of drug-likeness (QED) is 0.792. The number of aldehydes is 1. The fraction of sp³-hybridized carbons (Fsp3) is 0.267. The predicted octanol–water partition coefficient (Wildman–Crippen LogP) is 1.62. The molecule has 0 spiro atoms. The maximum absolute atomic E-state index is 11.1. The summed E-state index contributed by atoms with van der Waals surface area (Å²) >= 11 is 0. The lowest BCUT2D eigenvalue weighted by Gasteiger charge is -2.36. The van der Waals surface area contributed by atoms with Crippen molar-refractivity contribution in [3.63, 3.8) is 0 Å². The van der Waals surface area contributed by atoms with Crippen LogP contribution in [0.4, 0.5) is 11.6 Å². The summed E-state index contributed by atoms with van der Waals surface area (Å²) in [5.74, 6) is 1.78. The molecule has 0 bridgehead atoms. The molecular formula is C15H16N4O. The van der Waals surface area contributed by atoms with Crippen LogP contribution in [-0.2, 0) is 0 Å². The summed E-state index contributed by atoms with van der Waals surface area (Å²) in [4.78, 5) is 24.2. The van der Waals surface area contributed by atoms with Gasteiger partial charge in [-0.3, -0.25) is 4.79 Å². The molecule has 1 aliphatic heterocycles. The average molecular weight is 268 g/mol. The summed E-state index contributed by atoms with van der Waals surface area (Å²) in [6.07, 6.45) is 4.41. The van der Waals surface area contributed by atoms with Gasteiger partial charge < -0.3 is 9.80 Å². The van der Waals surface area contributed by atoms with Gasteiger partial charge in [-0.25, -0.2) is 9.97 Å². The molecule has 3 heterocycles. The van der Waals surface area contributed by atoms with Gasteiger partial charge in [-0.2, -0.15) is 0 Å². The van der Waals surface area contributed by atoms with Gasteiger partial charge in [-0.1, -0.05) is 6.07 Å². The van der Waals surface area contributed by atoms with Gasteiger partial charge in [0.05, 0.1) is 5.56 Å². The molecular weight excluding hydrogens is 252 g/mol. The normalized spacial score (nSPS) is 15.2. The summed E-state index contributed by atoms with van der Waals surface area (Å²) < 4.78 is 0. The van der Waals surface area contributed by atoms with E-state index in [-0.39, 0.29) is 0 Å². The SMILES string of the molecule is O=Cc1cccnc1N1CCN(c2ccccn2)CC1. The highest BCUT2D eigenvalue weighted by molar-refractivity contribution is 5.82. The van der Waals surface area contributed by atoms with Crippen molar-refractivity contribution < 1.29 is 4.79 Å². The number of anilines is 2. The van der Waals surface area contributed by atoms with Crippen LogP contribution in [0.2, 0.25) is 0 Å². The van der Waals surface area contributed by atoms with E-state index in [1.54, 1.807) is 18.3 Å². The second-order valence-electron chi connectivity index (χ2n) is 4.70. The molecule has 1 saturated heterocycles. The summed E-state index contributed by atoms with van der Waals surface area (Å²) in [5, 5.41) is 0. The Bertz CT molecular complexity index is 579. The molecule has 0 unspecified atom stereocenters. The molecule has 0 atom stereocenters. The second kappa shape index (κ2) is 5.69. The molecule has 0 N–H and O–H groups in total. The maximum atomic E-state index is 11.1. The third-order valence-electron chi connectivity index (χ3n) is 3.50. The van der Waals surface area contributed by atoms with E-state index in [1.807, 2.05) is 24.4 Å².